The van der Waals surface area contributed by atoms with E-state index in [9.17, 15) is 24.0 Å². The van der Waals surface area contributed by atoms with E-state index in [0.717, 1.165) is 0 Å². The molecule has 0 aliphatic carbocycles. The molecule has 0 aromatic rings. The lowest BCUT2D eigenvalue weighted by Crippen LogP contribution is -2.21. The lowest BCUT2D eigenvalue weighted by Gasteiger charge is -1.85. The van der Waals surface area contributed by atoms with Crippen LogP contribution in [0.2, 0.25) is 0 Å². The van der Waals surface area contributed by atoms with Gasteiger partial charge >= 0.3 is 23.9 Å². The summed E-state index contributed by atoms with van der Waals surface area (Å²) in [6.07, 6.45) is -1.19. The van der Waals surface area contributed by atoms with Gasteiger partial charge in [-0.2, -0.15) is 0 Å². The Bertz CT molecular complexity index is 312. The Balaban J connectivity index is -0.000000239. The molecule has 8 N–H and O–H groups in total. The Morgan fingerprint density at radius 1 is 0.619 bits per heavy atom. The summed E-state index contributed by atoms with van der Waals surface area (Å²) in [4.78, 5) is 48.0. The van der Waals surface area contributed by atoms with Crippen molar-refractivity contribution in [3.63, 3.8) is 0 Å². The normalized spacial score (nSPS) is 8.24. The van der Waals surface area contributed by atoms with Gasteiger partial charge in [-0.3, -0.25) is 24.0 Å². The first-order chi connectivity index (χ1) is 9.52. The quantitative estimate of drug-likeness (QED) is 0.313. The first-order valence-electron chi connectivity index (χ1n) is 5.38. The highest BCUT2D eigenvalue weighted by atomic mass is 16.4. The zero-order valence-electron chi connectivity index (χ0n) is 11.0. The summed E-state index contributed by atoms with van der Waals surface area (Å²) >= 11 is 0. The van der Waals surface area contributed by atoms with E-state index in [1.54, 1.807) is 0 Å². The van der Waals surface area contributed by atoms with Gasteiger partial charge in [-0.05, 0) is 0 Å². The summed E-state index contributed by atoms with van der Waals surface area (Å²) in [6.45, 7) is -0.0556. The minimum atomic E-state index is -1.08. The summed E-state index contributed by atoms with van der Waals surface area (Å²) in [5.74, 6) is -4.77. The molecule has 0 bridgehead atoms. The predicted molar refractivity (Wildman–Crippen MR) is 67.3 cm³/mol. The minimum absolute atomic E-state index is 0.0556. The summed E-state index contributed by atoms with van der Waals surface area (Å²) < 4.78 is 0. The summed E-state index contributed by atoms with van der Waals surface area (Å²) in [6, 6.07) is 0. The van der Waals surface area contributed by atoms with Crippen molar-refractivity contribution in [2.45, 2.75) is 25.7 Å². The van der Waals surface area contributed by atoms with E-state index in [4.69, 9.17) is 26.2 Å². The fraction of sp³-hybridized carbons (Fsp3) is 0.500. The number of rotatable bonds is 7. The van der Waals surface area contributed by atoms with Crippen LogP contribution < -0.4 is 11.5 Å². The maximum absolute atomic E-state index is 9.64. The van der Waals surface area contributed by atoms with Crippen molar-refractivity contribution >= 4 is 29.8 Å². The van der Waals surface area contributed by atoms with Crippen LogP contribution in [0.15, 0.2) is 0 Å². The van der Waals surface area contributed by atoms with Crippen LogP contribution in [0.1, 0.15) is 25.7 Å². The van der Waals surface area contributed by atoms with Gasteiger partial charge in [0.05, 0.1) is 32.2 Å². The van der Waals surface area contributed by atoms with Gasteiger partial charge in [-0.15, -0.1) is 0 Å². The number of primary amides is 1. The maximum atomic E-state index is 9.64. The molecule has 11 nitrogen and oxygen atoms in total. The first kappa shape index (κ1) is 23.4. The van der Waals surface area contributed by atoms with Gasteiger partial charge in [-0.25, -0.2) is 0 Å². The Morgan fingerprint density at radius 2 is 0.762 bits per heavy atom. The number of amides is 1. The second-order valence-corrected chi connectivity index (χ2v) is 3.25. The van der Waals surface area contributed by atoms with E-state index in [1.165, 1.54) is 0 Å². The number of hydrogen-bond donors (Lipinski definition) is 6. The van der Waals surface area contributed by atoms with E-state index in [-0.39, 0.29) is 32.2 Å². The van der Waals surface area contributed by atoms with Gasteiger partial charge in [0.2, 0.25) is 5.91 Å². The van der Waals surface area contributed by atoms with Crippen molar-refractivity contribution in [2.75, 3.05) is 6.54 Å². The average molecular weight is 310 g/mol. The number of hydrogen-bond acceptors (Lipinski definition) is 6. The Hall–Kier alpha value is -2.69. The van der Waals surface area contributed by atoms with Gasteiger partial charge in [0, 0.05) is 0 Å². The Morgan fingerprint density at radius 3 is 0.810 bits per heavy atom. The molecule has 0 atom stereocenters. The lowest BCUT2D eigenvalue weighted by atomic mass is 10.3. The molecule has 0 saturated carbocycles. The molecular weight excluding hydrogens is 292 g/mol. The highest BCUT2D eigenvalue weighted by molar-refractivity contribution is 5.76. The second kappa shape index (κ2) is 15.4. The molecule has 0 heterocycles. The van der Waals surface area contributed by atoms with E-state index < -0.39 is 29.8 Å². The minimum Gasteiger partial charge on any atom is -0.481 e. The molecule has 11 heteroatoms. The molecular formula is C10H18N2O9. The molecule has 0 unspecified atom stereocenters. The third kappa shape index (κ3) is 46.8. The zero-order chi connectivity index (χ0) is 17.4. The number of carbonyl (C=O) groups is 5. The third-order valence-corrected chi connectivity index (χ3v) is 1.31. The number of nitrogens with two attached hydrogens (primary N) is 2. The highest BCUT2D eigenvalue weighted by Crippen LogP contribution is 1.86. The lowest BCUT2D eigenvalue weighted by molar-refractivity contribution is -0.143. The van der Waals surface area contributed by atoms with E-state index in [0.29, 0.717) is 0 Å². The van der Waals surface area contributed by atoms with Crippen molar-refractivity contribution in [2.24, 2.45) is 11.5 Å². The fourth-order valence-electron chi connectivity index (χ4n) is 0.428. The van der Waals surface area contributed by atoms with Crippen LogP contribution in [-0.4, -0.2) is 56.8 Å². The van der Waals surface area contributed by atoms with Gasteiger partial charge in [0.1, 0.15) is 0 Å². The molecule has 0 aliphatic rings. The summed E-state index contributed by atoms with van der Waals surface area (Å²) in [7, 11) is 0. The molecule has 122 valence electrons. The maximum Gasteiger partial charge on any atom is 0.303 e. The molecule has 1 amide bonds. The van der Waals surface area contributed by atoms with Crippen LogP contribution in [0, 0.1) is 0 Å². The highest BCUT2D eigenvalue weighted by Gasteiger charge is 2.00. The average Bonchev–Trinajstić information content (AvgIpc) is 2.35. The molecule has 0 spiro atoms. The van der Waals surface area contributed by atoms with Crippen molar-refractivity contribution < 1.29 is 44.4 Å². The monoisotopic (exact) mass is 310 g/mol. The van der Waals surface area contributed by atoms with Crippen molar-refractivity contribution in [1.29, 1.82) is 0 Å². The fourth-order valence-corrected chi connectivity index (χ4v) is 0.428. The van der Waals surface area contributed by atoms with E-state index in [1.807, 2.05) is 0 Å². The molecule has 0 fully saturated rings. The topological polar surface area (TPSA) is 218 Å². The van der Waals surface area contributed by atoms with Crippen LogP contribution in [0.4, 0.5) is 0 Å². The molecule has 21 heavy (non-hydrogen) atoms. The van der Waals surface area contributed by atoms with Crippen molar-refractivity contribution in [1.82, 2.24) is 0 Å². The van der Waals surface area contributed by atoms with Crippen molar-refractivity contribution in [3.8, 4) is 0 Å². The number of aliphatic carboxylic acids is 4. The summed E-state index contributed by atoms with van der Waals surface area (Å²) in [5.41, 5.74) is 9.22. The van der Waals surface area contributed by atoms with E-state index >= 15 is 0 Å². The van der Waals surface area contributed by atoms with Crippen LogP contribution in [-0.2, 0) is 24.0 Å². The molecule has 0 saturated heterocycles. The summed E-state index contributed by atoms with van der Waals surface area (Å²) in [5, 5.41) is 31.6. The second-order valence-electron chi connectivity index (χ2n) is 3.25. The van der Waals surface area contributed by atoms with Crippen LogP contribution in [0.5, 0.6) is 0 Å². The van der Waals surface area contributed by atoms with Gasteiger partial charge < -0.3 is 31.9 Å². The number of carbonyl (C=O) groups excluding carboxylic acids is 1. The van der Waals surface area contributed by atoms with Crippen molar-refractivity contribution in [3.05, 3.63) is 0 Å². The van der Waals surface area contributed by atoms with Crippen LogP contribution in [0.25, 0.3) is 0 Å². The largest absolute Gasteiger partial charge is 0.481 e. The Labute approximate surface area is 119 Å². The molecule has 0 rings (SSSR count). The SMILES string of the molecule is NCC(N)=O.O=C(O)CCC(=O)O.O=C(O)CCC(=O)O. The smallest absolute Gasteiger partial charge is 0.303 e. The van der Waals surface area contributed by atoms with Gasteiger partial charge in [0.25, 0.3) is 0 Å². The van der Waals surface area contributed by atoms with E-state index in [2.05, 4.69) is 5.73 Å². The predicted octanol–water partition coefficient (Wildman–Crippen LogP) is -1.70. The number of carboxylic acids is 4. The van der Waals surface area contributed by atoms with Crippen LogP contribution >= 0.6 is 0 Å². The molecule has 0 aliphatic heterocycles. The first-order valence-corrected chi connectivity index (χ1v) is 5.38. The van der Waals surface area contributed by atoms with Gasteiger partial charge in [0.15, 0.2) is 0 Å². The zero-order valence-corrected chi connectivity index (χ0v) is 11.0. The molecule has 0 aromatic carbocycles. The van der Waals surface area contributed by atoms with Gasteiger partial charge in [-0.1, -0.05) is 0 Å². The third-order valence-electron chi connectivity index (χ3n) is 1.31. The standard InChI is InChI=1S/2C4H6O4.C2H6N2O/c2*5-3(6)1-2-4(7)8;3-1-2(4)5/h2*1-2H2,(H,5,6)(H,7,8);1,3H2,(H2,4,5). The van der Waals surface area contributed by atoms with Crippen LogP contribution in [0.3, 0.4) is 0 Å². The Kier molecular flexibility index (Phi) is 17.1. The molecule has 0 radical (unpaired) electrons. The number of carboxylic acid groups (broad SMARTS) is 4. The molecule has 0 aromatic heterocycles.